The molecular weight excluding hydrogens is 288 g/mol. The highest BCUT2D eigenvalue weighted by Gasteiger charge is 2.13. The maximum atomic E-state index is 10.8. The van der Waals surface area contributed by atoms with Crippen molar-refractivity contribution in [3.05, 3.63) is 38.3 Å². The molecular formula is C11H15BrN2O3. The fourth-order valence-electron chi connectivity index (χ4n) is 1.41. The first-order valence-corrected chi connectivity index (χ1v) is 6.11. The van der Waals surface area contributed by atoms with Crippen LogP contribution in [0.15, 0.2) is 22.7 Å². The predicted octanol–water partition coefficient (Wildman–Crippen LogP) is 2.22. The van der Waals surface area contributed by atoms with Gasteiger partial charge in [-0.15, -0.1) is 0 Å². The molecule has 94 valence electrons. The van der Waals surface area contributed by atoms with E-state index in [1.54, 1.807) is 19.1 Å². The van der Waals surface area contributed by atoms with E-state index < -0.39 is 4.92 Å². The van der Waals surface area contributed by atoms with E-state index in [4.69, 9.17) is 5.11 Å². The Labute approximate surface area is 108 Å². The van der Waals surface area contributed by atoms with Gasteiger partial charge in [-0.2, -0.15) is 0 Å². The molecule has 0 aliphatic carbocycles. The van der Waals surface area contributed by atoms with Gasteiger partial charge in [-0.3, -0.25) is 10.1 Å². The summed E-state index contributed by atoms with van der Waals surface area (Å²) < 4.78 is 0.815. The zero-order valence-corrected chi connectivity index (χ0v) is 11.1. The van der Waals surface area contributed by atoms with Crippen LogP contribution in [0.5, 0.6) is 0 Å². The van der Waals surface area contributed by atoms with Crippen LogP contribution < -0.4 is 5.32 Å². The molecule has 0 saturated heterocycles. The lowest BCUT2D eigenvalue weighted by molar-refractivity contribution is -0.385. The summed E-state index contributed by atoms with van der Waals surface area (Å²) in [5, 5.41) is 22.9. The Kier molecular flexibility index (Phi) is 5.54. The van der Waals surface area contributed by atoms with Crippen LogP contribution in [-0.2, 0) is 6.54 Å². The van der Waals surface area contributed by atoms with E-state index >= 15 is 0 Å². The topological polar surface area (TPSA) is 75.4 Å². The standard InChI is InChI=1S/C11H15BrN2O3/c1-8(15)4-5-13-7-9-6-10(12)2-3-11(9)14(16)17/h2-3,6,8,13,15H,4-5,7H2,1H3. The molecule has 0 saturated carbocycles. The Hall–Kier alpha value is -0.980. The van der Waals surface area contributed by atoms with Crippen molar-refractivity contribution < 1.29 is 10.0 Å². The molecule has 1 rings (SSSR count). The minimum Gasteiger partial charge on any atom is -0.393 e. The van der Waals surface area contributed by atoms with Gasteiger partial charge in [-0.1, -0.05) is 15.9 Å². The fraction of sp³-hybridized carbons (Fsp3) is 0.455. The molecule has 1 unspecified atom stereocenters. The van der Waals surface area contributed by atoms with Crippen LogP contribution in [0.1, 0.15) is 18.9 Å². The molecule has 0 heterocycles. The fourth-order valence-corrected chi connectivity index (χ4v) is 1.82. The number of rotatable bonds is 6. The van der Waals surface area contributed by atoms with Crippen molar-refractivity contribution >= 4 is 21.6 Å². The van der Waals surface area contributed by atoms with E-state index in [-0.39, 0.29) is 11.8 Å². The average molecular weight is 303 g/mol. The smallest absolute Gasteiger partial charge is 0.273 e. The monoisotopic (exact) mass is 302 g/mol. The lowest BCUT2D eigenvalue weighted by Crippen LogP contribution is -2.19. The third-order valence-corrected chi connectivity index (χ3v) is 2.79. The van der Waals surface area contributed by atoms with Gasteiger partial charge in [0.25, 0.3) is 5.69 Å². The highest BCUT2D eigenvalue weighted by Crippen LogP contribution is 2.22. The van der Waals surface area contributed by atoms with Crippen LogP contribution >= 0.6 is 15.9 Å². The number of hydrogen-bond donors (Lipinski definition) is 2. The zero-order valence-electron chi connectivity index (χ0n) is 9.52. The SMILES string of the molecule is CC(O)CCNCc1cc(Br)ccc1[N+](=O)[O-]. The summed E-state index contributed by atoms with van der Waals surface area (Å²) in [6.45, 7) is 2.76. The number of halogens is 1. The minimum atomic E-state index is -0.391. The summed E-state index contributed by atoms with van der Waals surface area (Å²) >= 11 is 3.29. The van der Waals surface area contributed by atoms with Gasteiger partial charge in [0.15, 0.2) is 0 Å². The molecule has 6 heteroatoms. The first kappa shape index (κ1) is 14.1. The molecule has 0 aromatic heterocycles. The lowest BCUT2D eigenvalue weighted by atomic mass is 10.2. The molecule has 2 N–H and O–H groups in total. The Bertz CT molecular complexity index is 396. The number of aliphatic hydroxyl groups excluding tert-OH is 1. The first-order valence-electron chi connectivity index (χ1n) is 5.32. The van der Waals surface area contributed by atoms with Crippen LogP contribution in [-0.4, -0.2) is 22.7 Å². The summed E-state index contributed by atoms with van der Waals surface area (Å²) in [5.41, 5.74) is 0.743. The third kappa shape index (κ3) is 4.80. The van der Waals surface area contributed by atoms with Crippen LogP contribution in [0.4, 0.5) is 5.69 Å². The van der Waals surface area contributed by atoms with E-state index in [0.29, 0.717) is 25.1 Å². The molecule has 0 amide bonds. The number of benzene rings is 1. The second kappa shape index (κ2) is 6.68. The molecule has 0 aliphatic rings. The summed E-state index contributed by atoms with van der Waals surface area (Å²) in [6.07, 6.45) is 0.266. The molecule has 1 aromatic carbocycles. The molecule has 1 atom stereocenters. The van der Waals surface area contributed by atoms with Crippen molar-refractivity contribution in [1.82, 2.24) is 5.32 Å². The molecule has 0 radical (unpaired) electrons. The van der Waals surface area contributed by atoms with Crippen molar-refractivity contribution in [2.24, 2.45) is 0 Å². The number of nitrogens with zero attached hydrogens (tertiary/aromatic N) is 1. The maximum Gasteiger partial charge on any atom is 0.273 e. The summed E-state index contributed by atoms with van der Waals surface area (Å²) in [4.78, 5) is 10.4. The molecule has 1 aromatic rings. The lowest BCUT2D eigenvalue weighted by Gasteiger charge is -2.07. The third-order valence-electron chi connectivity index (χ3n) is 2.29. The number of hydrogen-bond acceptors (Lipinski definition) is 4. The number of nitro groups is 1. The van der Waals surface area contributed by atoms with Crippen molar-refractivity contribution in [1.29, 1.82) is 0 Å². The number of nitrogens with one attached hydrogen (secondary N) is 1. The largest absolute Gasteiger partial charge is 0.393 e. The quantitative estimate of drug-likeness (QED) is 0.480. The Morgan fingerprint density at radius 1 is 1.59 bits per heavy atom. The van der Waals surface area contributed by atoms with Gasteiger partial charge >= 0.3 is 0 Å². The van der Waals surface area contributed by atoms with Gasteiger partial charge < -0.3 is 10.4 Å². The highest BCUT2D eigenvalue weighted by atomic mass is 79.9. The Morgan fingerprint density at radius 3 is 2.88 bits per heavy atom. The van der Waals surface area contributed by atoms with Crippen LogP contribution in [0, 0.1) is 10.1 Å². The Morgan fingerprint density at radius 2 is 2.29 bits per heavy atom. The van der Waals surface area contributed by atoms with E-state index in [9.17, 15) is 10.1 Å². The Balaban J connectivity index is 2.62. The highest BCUT2D eigenvalue weighted by molar-refractivity contribution is 9.10. The maximum absolute atomic E-state index is 10.8. The summed E-state index contributed by atoms with van der Waals surface area (Å²) in [6, 6.07) is 4.86. The second-order valence-electron chi connectivity index (χ2n) is 3.84. The van der Waals surface area contributed by atoms with E-state index in [1.165, 1.54) is 6.07 Å². The van der Waals surface area contributed by atoms with Crippen LogP contribution in [0.2, 0.25) is 0 Å². The summed E-state index contributed by atoms with van der Waals surface area (Å²) in [5.74, 6) is 0. The van der Waals surface area contributed by atoms with Gasteiger partial charge in [0.05, 0.1) is 11.0 Å². The van der Waals surface area contributed by atoms with Gasteiger partial charge in [0, 0.05) is 22.6 Å². The minimum absolute atomic E-state index is 0.109. The van der Waals surface area contributed by atoms with Crippen LogP contribution in [0.25, 0.3) is 0 Å². The van der Waals surface area contributed by atoms with Gasteiger partial charge in [0.2, 0.25) is 0 Å². The molecule has 0 bridgehead atoms. The van der Waals surface area contributed by atoms with E-state index in [1.807, 2.05) is 0 Å². The normalized spacial score (nSPS) is 12.4. The van der Waals surface area contributed by atoms with Gasteiger partial charge in [-0.05, 0) is 32.0 Å². The molecule has 0 fully saturated rings. The average Bonchev–Trinajstić information content (AvgIpc) is 2.23. The van der Waals surface area contributed by atoms with E-state index in [2.05, 4.69) is 21.2 Å². The number of aliphatic hydroxyl groups is 1. The second-order valence-corrected chi connectivity index (χ2v) is 4.76. The zero-order chi connectivity index (χ0) is 12.8. The van der Waals surface area contributed by atoms with Gasteiger partial charge in [0.1, 0.15) is 0 Å². The molecule has 17 heavy (non-hydrogen) atoms. The number of nitro benzene ring substituents is 1. The van der Waals surface area contributed by atoms with E-state index in [0.717, 1.165) is 4.47 Å². The van der Waals surface area contributed by atoms with Crippen LogP contribution in [0.3, 0.4) is 0 Å². The molecule has 0 spiro atoms. The van der Waals surface area contributed by atoms with Gasteiger partial charge in [-0.25, -0.2) is 0 Å². The first-order chi connectivity index (χ1) is 8.00. The summed E-state index contributed by atoms with van der Waals surface area (Å²) in [7, 11) is 0. The predicted molar refractivity (Wildman–Crippen MR) is 68.8 cm³/mol. The van der Waals surface area contributed by atoms with Crippen molar-refractivity contribution in [2.75, 3.05) is 6.54 Å². The van der Waals surface area contributed by atoms with Crippen molar-refractivity contribution in [3.63, 3.8) is 0 Å². The molecule has 5 nitrogen and oxygen atoms in total. The van der Waals surface area contributed by atoms with Crippen molar-refractivity contribution in [3.8, 4) is 0 Å². The molecule has 0 aliphatic heterocycles. The van der Waals surface area contributed by atoms with Crippen molar-refractivity contribution in [2.45, 2.75) is 26.0 Å².